The molecular weight excluding hydrogens is 689 g/mol. The van der Waals surface area contributed by atoms with E-state index in [9.17, 15) is 32.3 Å². The minimum Gasteiger partial charge on any atom is -0.355 e. The number of pyridine rings is 1. The number of aliphatic imine (C=N–C) groups is 2. The fraction of sp³-hybridized carbons (Fsp3) is 0.421. The van der Waals surface area contributed by atoms with Crippen molar-refractivity contribution in [3.8, 4) is 0 Å². The molecule has 3 amide bonds. The Labute approximate surface area is 304 Å². The third-order valence-electron chi connectivity index (χ3n) is 10.2. The first-order valence-electron chi connectivity index (χ1n) is 17.4. The van der Waals surface area contributed by atoms with Gasteiger partial charge in [0.15, 0.2) is 5.78 Å². The maximum Gasteiger partial charge on any atom is 0.433 e. The second-order valence-electron chi connectivity index (χ2n) is 14.0. The third kappa shape index (κ3) is 7.69. The first kappa shape index (κ1) is 37.3. The summed E-state index contributed by atoms with van der Waals surface area (Å²) in [5, 5.41) is 10.7. The highest BCUT2D eigenvalue weighted by atomic mass is 19.4. The van der Waals surface area contributed by atoms with Gasteiger partial charge in [0.05, 0.1) is 5.52 Å². The van der Waals surface area contributed by atoms with E-state index >= 15 is 0 Å². The van der Waals surface area contributed by atoms with Crippen LogP contribution in [0.25, 0.3) is 16.5 Å². The van der Waals surface area contributed by atoms with Crippen molar-refractivity contribution < 1.29 is 32.3 Å². The third-order valence-corrected chi connectivity index (χ3v) is 10.2. The fourth-order valence-corrected chi connectivity index (χ4v) is 7.23. The second-order valence-corrected chi connectivity index (χ2v) is 14.0. The molecule has 3 aliphatic rings. The van der Waals surface area contributed by atoms with E-state index in [0.717, 1.165) is 22.8 Å². The Balaban J connectivity index is 1.42. The van der Waals surface area contributed by atoms with Crippen LogP contribution >= 0.6 is 0 Å². The quantitative estimate of drug-likeness (QED) is 0.146. The number of allylic oxidation sites excluding steroid dienone is 3. The standard InChI is InChI=1S/C38H41F3N8O4/c1-21-12-13-29(38(39,40)41)45-35(21)46-36(53)28-16-37-17-30(37)49(28)32(52)19-48-34-25(10-8-6-7-9-11-31(51)44-20-37)14-26(22(2)18-43-24(4)42-5)15-27(34)33(47-48)23(3)50/h6,8,12-15,18,28,30H,5,7,9-11,16-17,19-20H2,1-4H3,(H,44,51)(H,45,46,53)/b8-6-,22-18+,43-24-/t28-,30+,37-/m0/s1. The number of alkyl halides is 3. The van der Waals surface area contributed by atoms with Crippen LogP contribution in [0, 0.1) is 12.3 Å². The molecule has 0 unspecified atom stereocenters. The lowest BCUT2D eigenvalue weighted by Crippen LogP contribution is -2.47. The molecule has 2 aliphatic heterocycles. The molecule has 1 saturated heterocycles. The molecular formula is C38H41F3N8O4. The normalized spacial score (nSPS) is 23.3. The van der Waals surface area contributed by atoms with Gasteiger partial charge in [-0.3, -0.25) is 23.9 Å². The Bertz CT molecular complexity index is 2120. The molecule has 2 fully saturated rings. The van der Waals surface area contributed by atoms with E-state index < -0.39 is 41.2 Å². The summed E-state index contributed by atoms with van der Waals surface area (Å²) in [7, 11) is 0. The predicted octanol–water partition coefficient (Wildman–Crippen LogP) is 5.84. The van der Waals surface area contributed by atoms with Crippen molar-refractivity contribution in [3.63, 3.8) is 0 Å². The Morgan fingerprint density at radius 2 is 1.91 bits per heavy atom. The van der Waals surface area contributed by atoms with Gasteiger partial charge in [-0.1, -0.05) is 18.2 Å². The van der Waals surface area contributed by atoms with Gasteiger partial charge in [-0.25, -0.2) is 15.0 Å². The van der Waals surface area contributed by atoms with Crippen molar-refractivity contribution in [2.45, 2.75) is 91.0 Å². The Kier molecular flexibility index (Phi) is 10.2. The number of amides is 3. The average molecular weight is 731 g/mol. The molecule has 6 rings (SSSR count). The van der Waals surface area contributed by atoms with Crippen LogP contribution in [-0.2, 0) is 33.5 Å². The van der Waals surface area contributed by atoms with Crippen molar-refractivity contribution in [3.05, 3.63) is 70.7 Å². The van der Waals surface area contributed by atoms with Crippen LogP contribution in [0.5, 0.6) is 0 Å². The van der Waals surface area contributed by atoms with Gasteiger partial charge in [0, 0.05) is 42.9 Å². The largest absolute Gasteiger partial charge is 0.433 e. The molecule has 2 N–H and O–H groups in total. The number of amidine groups is 1. The number of hydrogen-bond donors (Lipinski definition) is 2. The lowest BCUT2D eigenvalue weighted by Gasteiger charge is -2.27. The van der Waals surface area contributed by atoms with E-state index in [1.54, 1.807) is 13.1 Å². The number of anilines is 1. The van der Waals surface area contributed by atoms with Gasteiger partial charge in [0.1, 0.15) is 35.6 Å². The summed E-state index contributed by atoms with van der Waals surface area (Å²) in [6.45, 7) is 9.96. The molecule has 3 aromatic rings. The number of aryl methyl sites for hydroxylation is 1. The first-order chi connectivity index (χ1) is 25.1. The molecule has 15 heteroatoms. The maximum atomic E-state index is 14.4. The van der Waals surface area contributed by atoms with Crippen LogP contribution in [-0.4, -0.2) is 74.4 Å². The molecule has 278 valence electrons. The van der Waals surface area contributed by atoms with Crippen molar-refractivity contribution in [2.24, 2.45) is 15.4 Å². The first-order valence-corrected chi connectivity index (χ1v) is 17.4. The summed E-state index contributed by atoms with van der Waals surface area (Å²) in [5.74, 6) is -1.35. The summed E-state index contributed by atoms with van der Waals surface area (Å²) in [6, 6.07) is 4.41. The zero-order valence-electron chi connectivity index (χ0n) is 30.0. The number of rotatable bonds is 5. The monoisotopic (exact) mass is 730 g/mol. The molecule has 12 nitrogen and oxygen atoms in total. The second kappa shape index (κ2) is 14.5. The lowest BCUT2D eigenvalue weighted by molar-refractivity contribution is -0.141. The van der Waals surface area contributed by atoms with Crippen LogP contribution in [0.15, 0.2) is 52.6 Å². The summed E-state index contributed by atoms with van der Waals surface area (Å²) in [5.41, 5.74) is 1.72. The van der Waals surface area contributed by atoms with Crippen LogP contribution < -0.4 is 10.6 Å². The highest BCUT2D eigenvalue weighted by Gasteiger charge is 2.67. The number of nitrogens with one attached hydrogen (secondary N) is 2. The van der Waals surface area contributed by atoms with Crippen molar-refractivity contribution >= 4 is 58.4 Å². The SMILES string of the molecule is C=N/C(C)=N\C=C(/C)c1cc2c3c(c1)c(C(C)=O)nn3CC(=O)N1[C@H](C(=O)Nc3nc(C(F)(F)F)ccc3C)C[C@@]3(CNC(=O)CCC/C=C\C2)C[C@@H]13. The summed E-state index contributed by atoms with van der Waals surface area (Å²) in [4.78, 5) is 67.4. The smallest absolute Gasteiger partial charge is 0.355 e. The Hall–Kier alpha value is -5.47. The van der Waals surface area contributed by atoms with E-state index in [4.69, 9.17) is 0 Å². The van der Waals surface area contributed by atoms with E-state index in [1.807, 2.05) is 31.2 Å². The molecule has 1 aliphatic carbocycles. The molecule has 1 saturated carbocycles. The average Bonchev–Trinajstić information content (AvgIpc) is 3.52. The maximum absolute atomic E-state index is 14.4. The van der Waals surface area contributed by atoms with E-state index in [1.165, 1.54) is 29.5 Å². The van der Waals surface area contributed by atoms with Gasteiger partial charge in [0.2, 0.25) is 17.7 Å². The predicted molar refractivity (Wildman–Crippen MR) is 194 cm³/mol. The molecule has 0 radical (unpaired) electrons. The van der Waals surface area contributed by atoms with Gasteiger partial charge in [0.25, 0.3) is 0 Å². The number of halogens is 3. The summed E-state index contributed by atoms with van der Waals surface area (Å²) in [6.07, 6.45) is 3.63. The van der Waals surface area contributed by atoms with Crippen molar-refractivity contribution in [1.29, 1.82) is 0 Å². The number of aromatic nitrogens is 3. The van der Waals surface area contributed by atoms with Crippen molar-refractivity contribution in [2.75, 3.05) is 11.9 Å². The zero-order valence-corrected chi connectivity index (χ0v) is 30.0. The lowest BCUT2D eigenvalue weighted by atomic mass is 9.97. The van der Waals surface area contributed by atoms with E-state index in [2.05, 4.69) is 37.4 Å². The molecule has 3 atom stereocenters. The van der Waals surface area contributed by atoms with Gasteiger partial charge in [-0.2, -0.15) is 18.3 Å². The number of carbonyl (C=O) groups is 4. The van der Waals surface area contributed by atoms with Crippen molar-refractivity contribution in [1.82, 2.24) is 25.0 Å². The summed E-state index contributed by atoms with van der Waals surface area (Å²) >= 11 is 0. The molecule has 2 bridgehead atoms. The minimum absolute atomic E-state index is 0.143. The Morgan fingerprint density at radius 1 is 1.13 bits per heavy atom. The van der Waals surface area contributed by atoms with Crippen LogP contribution in [0.4, 0.5) is 19.0 Å². The van der Waals surface area contributed by atoms with E-state index in [0.29, 0.717) is 48.0 Å². The molecule has 2 aromatic heterocycles. The van der Waals surface area contributed by atoms with Gasteiger partial charge < -0.3 is 15.5 Å². The number of benzene rings is 1. The number of nitrogens with zero attached hydrogens (tertiary/aromatic N) is 6. The highest BCUT2D eigenvalue weighted by molar-refractivity contribution is 6.07. The Morgan fingerprint density at radius 3 is 2.62 bits per heavy atom. The van der Waals surface area contributed by atoms with Crippen LogP contribution in [0.1, 0.15) is 85.7 Å². The molecule has 4 heterocycles. The number of carbonyl (C=O) groups excluding carboxylic acids is 4. The number of ketones is 1. The van der Waals surface area contributed by atoms with Gasteiger partial charge >= 0.3 is 6.18 Å². The molecule has 1 aromatic carbocycles. The van der Waals surface area contributed by atoms with E-state index in [-0.39, 0.29) is 49.1 Å². The summed E-state index contributed by atoms with van der Waals surface area (Å²) < 4.78 is 42.0. The highest BCUT2D eigenvalue weighted by Crippen LogP contribution is 2.59. The zero-order chi connectivity index (χ0) is 38.2. The topological polar surface area (TPSA) is 151 Å². The number of piperidine rings is 1. The van der Waals surface area contributed by atoms with Gasteiger partial charge in [-0.15, -0.1) is 0 Å². The van der Waals surface area contributed by atoms with Crippen LogP contribution in [0.3, 0.4) is 0 Å². The molecule has 53 heavy (non-hydrogen) atoms. The fourth-order valence-electron chi connectivity index (χ4n) is 7.23. The van der Waals surface area contributed by atoms with Crippen LogP contribution in [0.2, 0.25) is 0 Å². The van der Waals surface area contributed by atoms with Gasteiger partial charge in [-0.05, 0) is 100 Å². The number of hydrogen-bond acceptors (Lipinski definition) is 7. The molecule has 0 spiro atoms. The number of Topliss-reactive ketones (excluding diaryl/α,β-unsaturated/α-hetero) is 1. The minimum atomic E-state index is -4.72.